The van der Waals surface area contributed by atoms with E-state index in [1.54, 1.807) is 0 Å². The lowest BCUT2D eigenvalue weighted by atomic mass is 9.83. The van der Waals surface area contributed by atoms with E-state index >= 15 is 0 Å². The molecule has 2 atom stereocenters. The summed E-state index contributed by atoms with van der Waals surface area (Å²) in [5.41, 5.74) is 5.89. The monoisotopic (exact) mass is 267 g/mol. The van der Waals surface area contributed by atoms with Crippen LogP contribution in [0.5, 0.6) is 0 Å². The molecule has 3 N–H and O–H groups in total. The van der Waals surface area contributed by atoms with Gasteiger partial charge in [0.2, 0.25) is 5.91 Å². The number of amides is 1. The smallest absolute Gasteiger partial charge is 0.234 e. The minimum Gasteiger partial charge on any atom is -0.352 e. The molecule has 1 saturated carbocycles. The van der Waals surface area contributed by atoms with E-state index in [0.717, 1.165) is 32.4 Å². The second-order valence-electron chi connectivity index (χ2n) is 6.24. The van der Waals surface area contributed by atoms with E-state index in [1.165, 1.54) is 25.7 Å². The molecule has 0 radical (unpaired) electrons. The third kappa shape index (κ3) is 4.46. The van der Waals surface area contributed by atoms with Crippen molar-refractivity contribution in [1.29, 1.82) is 0 Å². The molecule has 4 heteroatoms. The molecular weight excluding hydrogens is 238 g/mol. The number of rotatable bonds is 4. The summed E-state index contributed by atoms with van der Waals surface area (Å²) in [5.74, 6) is 0.897. The predicted molar refractivity (Wildman–Crippen MR) is 77.8 cm³/mol. The first-order valence-corrected chi connectivity index (χ1v) is 7.96. The Kier molecular flexibility index (Phi) is 5.64. The van der Waals surface area contributed by atoms with Crippen molar-refractivity contribution in [3.63, 3.8) is 0 Å². The van der Waals surface area contributed by atoms with Crippen LogP contribution in [0, 0.1) is 5.92 Å². The van der Waals surface area contributed by atoms with Crippen LogP contribution in [0.1, 0.15) is 51.9 Å². The summed E-state index contributed by atoms with van der Waals surface area (Å²) < 4.78 is 0. The summed E-state index contributed by atoms with van der Waals surface area (Å²) in [6.45, 7) is 4.73. The highest BCUT2D eigenvalue weighted by atomic mass is 16.2. The summed E-state index contributed by atoms with van der Waals surface area (Å²) in [6, 6.07) is 0.750. The highest BCUT2D eigenvalue weighted by Crippen LogP contribution is 2.26. The lowest BCUT2D eigenvalue weighted by molar-refractivity contribution is -0.123. The van der Waals surface area contributed by atoms with Crippen LogP contribution in [0.4, 0.5) is 0 Å². The second-order valence-corrected chi connectivity index (χ2v) is 6.24. The van der Waals surface area contributed by atoms with Gasteiger partial charge in [-0.2, -0.15) is 0 Å². The molecule has 2 fully saturated rings. The highest BCUT2D eigenvalue weighted by Gasteiger charge is 2.26. The van der Waals surface area contributed by atoms with Gasteiger partial charge in [-0.3, -0.25) is 9.69 Å². The third-order valence-corrected chi connectivity index (χ3v) is 4.78. The van der Waals surface area contributed by atoms with Gasteiger partial charge >= 0.3 is 0 Å². The molecule has 0 aromatic heterocycles. The first-order valence-electron chi connectivity index (χ1n) is 7.96. The predicted octanol–water partition coefficient (Wildman–Crippen LogP) is 1.49. The molecule has 2 rings (SSSR count). The normalized spacial score (nSPS) is 30.2. The Morgan fingerprint density at radius 1 is 1.21 bits per heavy atom. The standard InChI is InChI=1S/C15H29N3O/c1-2-12-5-3-4-6-14(12)17-15(19)11-18-9-7-13(16)8-10-18/h12-14H,2-11,16H2,1H3,(H,17,19). The Balaban J connectivity index is 1.74. The zero-order valence-electron chi connectivity index (χ0n) is 12.2. The van der Waals surface area contributed by atoms with E-state index < -0.39 is 0 Å². The maximum absolute atomic E-state index is 12.1. The fourth-order valence-corrected chi connectivity index (χ4v) is 3.45. The van der Waals surface area contributed by atoms with Gasteiger partial charge in [0.25, 0.3) is 0 Å². The summed E-state index contributed by atoms with van der Waals surface area (Å²) in [6.07, 6.45) is 8.26. The van der Waals surface area contributed by atoms with Gasteiger partial charge in [-0.25, -0.2) is 0 Å². The van der Waals surface area contributed by atoms with Crippen molar-refractivity contribution in [3.8, 4) is 0 Å². The van der Waals surface area contributed by atoms with Crippen molar-refractivity contribution < 1.29 is 4.79 Å². The van der Waals surface area contributed by atoms with Gasteiger partial charge in [-0.1, -0.05) is 26.2 Å². The Morgan fingerprint density at radius 2 is 1.89 bits per heavy atom. The zero-order chi connectivity index (χ0) is 13.7. The lowest BCUT2D eigenvalue weighted by Gasteiger charge is -2.33. The zero-order valence-corrected chi connectivity index (χ0v) is 12.2. The summed E-state index contributed by atoms with van der Waals surface area (Å²) in [7, 11) is 0. The van der Waals surface area contributed by atoms with Crippen molar-refractivity contribution >= 4 is 5.91 Å². The van der Waals surface area contributed by atoms with Crippen molar-refractivity contribution in [1.82, 2.24) is 10.2 Å². The molecule has 0 aromatic carbocycles. The molecule has 1 saturated heterocycles. The fraction of sp³-hybridized carbons (Fsp3) is 0.933. The summed E-state index contributed by atoms with van der Waals surface area (Å²) >= 11 is 0. The quantitative estimate of drug-likeness (QED) is 0.811. The molecule has 0 bridgehead atoms. The number of hydrogen-bond acceptors (Lipinski definition) is 3. The van der Waals surface area contributed by atoms with Crippen LogP contribution in [-0.2, 0) is 4.79 Å². The van der Waals surface area contributed by atoms with Gasteiger partial charge < -0.3 is 11.1 Å². The van der Waals surface area contributed by atoms with Crippen LogP contribution in [0.25, 0.3) is 0 Å². The van der Waals surface area contributed by atoms with Gasteiger partial charge in [0.05, 0.1) is 6.54 Å². The van der Waals surface area contributed by atoms with Crippen LogP contribution < -0.4 is 11.1 Å². The number of likely N-dealkylation sites (tertiary alicyclic amines) is 1. The summed E-state index contributed by atoms with van der Waals surface area (Å²) in [4.78, 5) is 14.4. The lowest BCUT2D eigenvalue weighted by Crippen LogP contribution is -2.48. The van der Waals surface area contributed by atoms with Crippen LogP contribution in [0.3, 0.4) is 0 Å². The largest absolute Gasteiger partial charge is 0.352 e. The van der Waals surface area contributed by atoms with Gasteiger partial charge in [0, 0.05) is 25.2 Å². The molecule has 2 unspecified atom stereocenters. The molecule has 1 aliphatic carbocycles. The number of nitrogens with one attached hydrogen (secondary N) is 1. The van der Waals surface area contributed by atoms with Gasteiger partial charge in [-0.05, 0) is 31.6 Å². The molecule has 0 spiro atoms. The van der Waals surface area contributed by atoms with Gasteiger partial charge in [0.1, 0.15) is 0 Å². The van der Waals surface area contributed by atoms with Crippen molar-refractivity contribution in [2.75, 3.05) is 19.6 Å². The van der Waals surface area contributed by atoms with Gasteiger partial charge in [0.15, 0.2) is 0 Å². The number of nitrogens with zero attached hydrogens (tertiary/aromatic N) is 1. The molecule has 4 nitrogen and oxygen atoms in total. The molecular formula is C15H29N3O. The molecule has 1 amide bonds. The van der Waals surface area contributed by atoms with Crippen LogP contribution in [-0.4, -0.2) is 42.5 Å². The first kappa shape index (κ1) is 14.8. The van der Waals surface area contributed by atoms with Crippen LogP contribution in [0.15, 0.2) is 0 Å². The van der Waals surface area contributed by atoms with E-state index in [4.69, 9.17) is 5.73 Å². The Morgan fingerprint density at radius 3 is 2.58 bits per heavy atom. The van der Waals surface area contributed by atoms with Crippen molar-refractivity contribution in [2.45, 2.75) is 64.0 Å². The van der Waals surface area contributed by atoms with Crippen LogP contribution in [0.2, 0.25) is 0 Å². The highest BCUT2D eigenvalue weighted by molar-refractivity contribution is 5.78. The number of hydrogen-bond donors (Lipinski definition) is 2. The third-order valence-electron chi connectivity index (χ3n) is 4.78. The van der Waals surface area contributed by atoms with Crippen molar-refractivity contribution in [2.24, 2.45) is 11.7 Å². The number of carbonyl (C=O) groups excluding carboxylic acids is 1. The molecule has 2 aliphatic rings. The van der Waals surface area contributed by atoms with Crippen molar-refractivity contribution in [3.05, 3.63) is 0 Å². The Labute approximate surface area is 117 Å². The molecule has 110 valence electrons. The fourth-order valence-electron chi connectivity index (χ4n) is 3.45. The maximum Gasteiger partial charge on any atom is 0.234 e. The van der Waals surface area contributed by atoms with E-state index in [0.29, 0.717) is 24.5 Å². The first-order chi connectivity index (χ1) is 9.19. The van der Waals surface area contributed by atoms with E-state index in [-0.39, 0.29) is 5.91 Å². The molecule has 1 heterocycles. The second kappa shape index (κ2) is 7.25. The van der Waals surface area contributed by atoms with E-state index in [1.807, 2.05) is 0 Å². The maximum atomic E-state index is 12.1. The molecule has 0 aromatic rings. The number of carbonyl (C=O) groups is 1. The average molecular weight is 267 g/mol. The minimum absolute atomic E-state index is 0.209. The van der Waals surface area contributed by atoms with E-state index in [2.05, 4.69) is 17.1 Å². The van der Waals surface area contributed by atoms with Gasteiger partial charge in [-0.15, -0.1) is 0 Å². The average Bonchev–Trinajstić information content (AvgIpc) is 2.42. The SMILES string of the molecule is CCC1CCCCC1NC(=O)CN1CCC(N)CC1. The Hall–Kier alpha value is -0.610. The topological polar surface area (TPSA) is 58.4 Å². The number of nitrogens with two attached hydrogens (primary N) is 1. The van der Waals surface area contributed by atoms with Crippen LogP contribution >= 0.6 is 0 Å². The van der Waals surface area contributed by atoms with E-state index in [9.17, 15) is 4.79 Å². The molecule has 1 aliphatic heterocycles. The number of piperidine rings is 1. The minimum atomic E-state index is 0.209. The summed E-state index contributed by atoms with van der Waals surface area (Å²) in [5, 5.41) is 3.27. The molecule has 19 heavy (non-hydrogen) atoms. The Bertz CT molecular complexity index is 287.